The van der Waals surface area contributed by atoms with Gasteiger partial charge >= 0.3 is 0 Å². The minimum Gasteiger partial charge on any atom is -0.470 e. The van der Waals surface area contributed by atoms with E-state index >= 15 is 0 Å². The van der Waals surface area contributed by atoms with Gasteiger partial charge < -0.3 is 10.1 Å². The van der Waals surface area contributed by atoms with Crippen molar-refractivity contribution in [3.63, 3.8) is 0 Å². The highest BCUT2D eigenvalue weighted by Gasteiger charge is 2.13. The number of pyridine rings is 2. The summed E-state index contributed by atoms with van der Waals surface area (Å²) in [7, 11) is 0. The fourth-order valence-corrected chi connectivity index (χ4v) is 1.55. The van der Waals surface area contributed by atoms with Gasteiger partial charge in [0.25, 0.3) is 12.3 Å². The molecule has 1 N–H and O–H groups in total. The SMILES string of the molecule is O=C(Nc1cccnc1OCC(F)F)c1ccc(Cl)cn1. The number of alkyl halides is 2. The molecule has 0 saturated carbocycles. The first-order valence-electron chi connectivity index (χ1n) is 5.85. The molecular weight excluding hydrogens is 304 g/mol. The molecule has 0 fully saturated rings. The van der Waals surface area contributed by atoms with E-state index in [-0.39, 0.29) is 17.3 Å². The van der Waals surface area contributed by atoms with Crippen molar-refractivity contribution < 1.29 is 18.3 Å². The third kappa shape index (κ3) is 4.35. The smallest absolute Gasteiger partial charge is 0.274 e. The average molecular weight is 314 g/mol. The standard InChI is InChI=1S/C13H10ClF2N3O2/c14-8-3-4-9(18-6-8)12(20)19-10-2-1-5-17-13(10)21-7-11(15)16/h1-6,11H,7H2,(H,19,20). The number of anilines is 1. The van der Waals surface area contributed by atoms with Crippen molar-refractivity contribution in [3.8, 4) is 5.88 Å². The first-order chi connectivity index (χ1) is 10.1. The number of aromatic nitrogens is 2. The molecule has 2 rings (SSSR count). The molecule has 0 saturated heterocycles. The lowest BCUT2D eigenvalue weighted by atomic mass is 10.3. The summed E-state index contributed by atoms with van der Waals surface area (Å²) in [5, 5.41) is 2.89. The second-order valence-corrected chi connectivity index (χ2v) is 4.31. The van der Waals surface area contributed by atoms with Crippen LogP contribution in [0.15, 0.2) is 36.7 Å². The van der Waals surface area contributed by atoms with E-state index in [9.17, 15) is 13.6 Å². The van der Waals surface area contributed by atoms with Gasteiger partial charge in [0, 0.05) is 12.4 Å². The minimum atomic E-state index is -2.63. The second kappa shape index (κ2) is 6.94. The van der Waals surface area contributed by atoms with Crippen LogP contribution in [-0.2, 0) is 0 Å². The van der Waals surface area contributed by atoms with Crippen LogP contribution in [0.5, 0.6) is 5.88 Å². The molecule has 0 bridgehead atoms. The molecule has 110 valence electrons. The van der Waals surface area contributed by atoms with Gasteiger partial charge in [-0.2, -0.15) is 0 Å². The Morgan fingerprint density at radius 2 is 2.14 bits per heavy atom. The average Bonchev–Trinajstić information content (AvgIpc) is 2.47. The van der Waals surface area contributed by atoms with Gasteiger partial charge in [0.15, 0.2) is 6.61 Å². The zero-order valence-electron chi connectivity index (χ0n) is 10.6. The number of halogens is 3. The largest absolute Gasteiger partial charge is 0.470 e. The van der Waals surface area contributed by atoms with E-state index in [2.05, 4.69) is 15.3 Å². The van der Waals surface area contributed by atoms with Gasteiger partial charge in [-0.15, -0.1) is 0 Å². The van der Waals surface area contributed by atoms with Crippen LogP contribution < -0.4 is 10.1 Å². The number of rotatable bonds is 5. The van der Waals surface area contributed by atoms with Crippen LogP contribution in [0.2, 0.25) is 5.02 Å². The number of ether oxygens (including phenoxy) is 1. The molecule has 0 aliphatic rings. The number of nitrogens with one attached hydrogen (secondary N) is 1. The van der Waals surface area contributed by atoms with Gasteiger partial charge in [-0.3, -0.25) is 4.79 Å². The summed E-state index contributed by atoms with van der Waals surface area (Å²) in [4.78, 5) is 19.6. The number of nitrogens with zero attached hydrogens (tertiary/aromatic N) is 2. The van der Waals surface area contributed by atoms with E-state index in [0.717, 1.165) is 0 Å². The molecule has 2 heterocycles. The zero-order valence-corrected chi connectivity index (χ0v) is 11.3. The number of amides is 1. The van der Waals surface area contributed by atoms with Crippen LogP contribution in [0.25, 0.3) is 0 Å². The highest BCUT2D eigenvalue weighted by molar-refractivity contribution is 6.30. The van der Waals surface area contributed by atoms with E-state index in [1.807, 2.05) is 0 Å². The summed E-state index contributed by atoms with van der Waals surface area (Å²) in [6.45, 7) is -0.806. The van der Waals surface area contributed by atoms with Crippen molar-refractivity contribution in [3.05, 3.63) is 47.4 Å². The maximum absolute atomic E-state index is 12.2. The van der Waals surface area contributed by atoms with E-state index in [0.29, 0.717) is 5.02 Å². The van der Waals surface area contributed by atoms with Crippen molar-refractivity contribution in [2.24, 2.45) is 0 Å². The number of carbonyl (C=O) groups excluding carboxylic acids is 1. The summed E-state index contributed by atoms with van der Waals surface area (Å²) >= 11 is 5.68. The lowest BCUT2D eigenvalue weighted by Crippen LogP contribution is -2.16. The maximum Gasteiger partial charge on any atom is 0.274 e. The summed E-state index contributed by atoms with van der Waals surface area (Å²) in [5.74, 6) is -0.610. The summed E-state index contributed by atoms with van der Waals surface area (Å²) in [6.07, 6.45) is 0.0683. The molecule has 0 aromatic carbocycles. The van der Waals surface area contributed by atoms with Crippen LogP contribution >= 0.6 is 11.6 Å². The summed E-state index contributed by atoms with van der Waals surface area (Å²) in [6, 6.07) is 5.98. The molecule has 21 heavy (non-hydrogen) atoms. The quantitative estimate of drug-likeness (QED) is 0.921. The van der Waals surface area contributed by atoms with Crippen molar-refractivity contribution in [2.75, 3.05) is 11.9 Å². The predicted molar refractivity (Wildman–Crippen MR) is 72.9 cm³/mol. The number of hydrogen-bond donors (Lipinski definition) is 1. The molecule has 0 spiro atoms. The van der Waals surface area contributed by atoms with Gasteiger partial charge in [-0.1, -0.05) is 11.6 Å². The summed E-state index contributed by atoms with van der Waals surface area (Å²) < 4.78 is 29.1. The molecule has 0 radical (unpaired) electrons. The second-order valence-electron chi connectivity index (χ2n) is 3.87. The normalized spacial score (nSPS) is 10.5. The fraction of sp³-hybridized carbons (Fsp3) is 0.154. The first kappa shape index (κ1) is 15.1. The van der Waals surface area contributed by atoms with Crippen LogP contribution in [0.1, 0.15) is 10.5 Å². The van der Waals surface area contributed by atoms with Crippen LogP contribution in [-0.4, -0.2) is 28.9 Å². The van der Waals surface area contributed by atoms with Gasteiger partial charge in [0.1, 0.15) is 11.4 Å². The van der Waals surface area contributed by atoms with Crippen LogP contribution in [0.3, 0.4) is 0 Å². The molecule has 2 aromatic rings. The first-order valence-corrected chi connectivity index (χ1v) is 6.23. The third-order valence-corrected chi connectivity index (χ3v) is 2.55. The molecule has 2 aromatic heterocycles. The van der Waals surface area contributed by atoms with Crippen molar-refractivity contribution >= 4 is 23.2 Å². The highest BCUT2D eigenvalue weighted by atomic mass is 35.5. The summed E-state index contributed by atoms with van der Waals surface area (Å²) in [5.41, 5.74) is 0.308. The monoisotopic (exact) mass is 313 g/mol. The Hall–Kier alpha value is -2.28. The number of hydrogen-bond acceptors (Lipinski definition) is 4. The van der Waals surface area contributed by atoms with E-state index in [1.54, 1.807) is 6.07 Å². The fourth-order valence-electron chi connectivity index (χ4n) is 1.44. The highest BCUT2D eigenvalue weighted by Crippen LogP contribution is 2.21. The van der Waals surface area contributed by atoms with Gasteiger partial charge in [0.05, 0.1) is 5.02 Å². The Balaban J connectivity index is 2.11. The molecule has 0 aliphatic heterocycles. The molecule has 0 unspecified atom stereocenters. The lowest BCUT2D eigenvalue weighted by molar-refractivity contribution is 0.0799. The Kier molecular flexibility index (Phi) is 4.99. The zero-order chi connectivity index (χ0) is 15.2. The van der Waals surface area contributed by atoms with Gasteiger partial charge in [0.2, 0.25) is 5.88 Å². The lowest BCUT2D eigenvalue weighted by Gasteiger charge is -2.10. The topological polar surface area (TPSA) is 64.1 Å². The van der Waals surface area contributed by atoms with Crippen molar-refractivity contribution in [1.82, 2.24) is 9.97 Å². The molecule has 5 nitrogen and oxygen atoms in total. The molecule has 0 aliphatic carbocycles. The van der Waals surface area contributed by atoms with Gasteiger partial charge in [-0.25, -0.2) is 18.7 Å². The van der Waals surface area contributed by atoms with Gasteiger partial charge in [-0.05, 0) is 24.3 Å². The number of carbonyl (C=O) groups is 1. The van der Waals surface area contributed by atoms with E-state index in [1.165, 1.54) is 30.6 Å². The molecule has 0 atom stereocenters. The van der Waals surface area contributed by atoms with Crippen LogP contribution in [0, 0.1) is 0 Å². The Bertz CT molecular complexity index is 623. The molecular formula is C13H10ClF2N3O2. The minimum absolute atomic E-state index is 0.0832. The Morgan fingerprint density at radius 1 is 1.33 bits per heavy atom. The Labute approximate surface area is 123 Å². The van der Waals surface area contributed by atoms with Crippen molar-refractivity contribution in [1.29, 1.82) is 0 Å². The van der Waals surface area contributed by atoms with E-state index in [4.69, 9.17) is 16.3 Å². The molecule has 8 heteroatoms. The third-order valence-electron chi connectivity index (χ3n) is 2.33. The maximum atomic E-state index is 12.2. The molecule has 1 amide bonds. The van der Waals surface area contributed by atoms with Crippen LogP contribution in [0.4, 0.5) is 14.5 Å². The Morgan fingerprint density at radius 3 is 2.81 bits per heavy atom. The van der Waals surface area contributed by atoms with E-state index < -0.39 is 18.9 Å². The predicted octanol–water partition coefficient (Wildman–Crippen LogP) is 3.03. The van der Waals surface area contributed by atoms with Crippen molar-refractivity contribution in [2.45, 2.75) is 6.43 Å².